The van der Waals surface area contributed by atoms with Gasteiger partial charge in [-0.3, -0.25) is 9.78 Å². The molecular formula is C19H18F3N5O2. The molecule has 0 aliphatic carbocycles. The van der Waals surface area contributed by atoms with Crippen LogP contribution in [0, 0.1) is 0 Å². The number of carbonyl (C=O) groups excluding carboxylic acids is 1. The normalized spacial score (nSPS) is 12.4. The average Bonchev–Trinajstić information content (AvgIpc) is 3.18. The van der Waals surface area contributed by atoms with Crippen LogP contribution in [0.1, 0.15) is 24.6 Å². The second kappa shape index (κ2) is 8.29. The van der Waals surface area contributed by atoms with Gasteiger partial charge in [-0.15, -0.1) is 0 Å². The van der Waals surface area contributed by atoms with Crippen LogP contribution >= 0.6 is 0 Å². The molecule has 1 amide bonds. The van der Waals surface area contributed by atoms with Crippen LogP contribution in [0.25, 0.3) is 11.4 Å². The molecule has 0 saturated carbocycles. The van der Waals surface area contributed by atoms with Gasteiger partial charge in [-0.05, 0) is 31.2 Å². The minimum absolute atomic E-state index is 0.0181. The Morgan fingerprint density at radius 1 is 1.24 bits per heavy atom. The summed E-state index contributed by atoms with van der Waals surface area (Å²) in [6, 6.07) is 11.0. The largest absolute Gasteiger partial charge is 0.433 e. The average molecular weight is 405 g/mol. The van der Waals surface area contributed by atoms with Crippen LogP contribution in [-0.2, 0) is 11.0 Å². The van der Waals surface area contributed by atoms with E-state index in [9.17, 15) is 18.0 Å². The third-order valence-corrected chi connectivity index (χ3v) is 4.08. The predicted molar refractivity (Wildman–Crippen MR) is 98.8 cm³/mol. The van der Waals surface area contributed by atoms with Crippen LogP contribution in [0.15, 0.2) is 53.2 Å². The number of anilines is 1. The van der Waals surface area contributed by atoms with Gasteiger partial charge in [0.1, 0.15) is 11.7 Å². The lowest BCUT2D eigenvalue weighted by atomic mass is 10.2. The van der Waals surface area contributed by atoms with E-state index in [1.165, 1.54) is 6.07 Å². The summed E-state index contributed by atoms with van der Waals surface area (Å²) >= 11 is 0. The lowest BCUT2D eigenvalue weighted by Gasteiger charge is -2.19. The zero-order chi connectivity index (χ0) is 21.0. The number of nitrogens with one attached hydrogen (secondary N) is 1. The van der Waals surface area contributed by atoms with Crippen LogP contribution in [0.4, 0.5) is 18.9 Å². The SMILES string of the molecule is C[C@H](NC(=O)CN(C)c1ccccc1)c1nc(-c2ccnc(C(F)(F)F)c2)no1. The maximum Gasteiger partial charge on any atom is 0.433 e. The van der Waals surface area contributed by atoms with Crippen LogP contribution < -0.4 is 10.2 Å². The number of alkyl halides is 3. The zero-order valence-corrected chi connectivity index (χ0v) is 15.6. The van der Waals surface area contributed by atoms with Crippen molar-refractivity contribution in [1.29, 1.82) is 0 Å². The number of nitrogens with zero attached hydrogens (tertiary/aromatic N) is 4. The molecule has 0 saturated heterocycles. The Balaban J connectivity index is 1.65. The van der Waals surface area contributed by atoms with Gasteiger partial charge in [-0.1, -0.05) is 23.4 Å². The molecule has 152 valence electrons. The van der Waals surface area contributed by atoms with E-state index in [-0.39, 0.29) is 29.7 Å². The summed E-state index contributed by atoms with van der Waals surface area (Å²) in [5.74, 6) is -0.205. The third-order valence-electron chi connectivity index (χ3n) is 4.08. The molecule has 1 atom stereocenters. The van der Waals surface area contributed by atoms with Gasteiger partial charge in [-0.2, -0.15) is 18.2 Å². The Labute approximate surface area is 164 Å². The quantitative estimate of drug-likeness (QED) is 0.676. The van der Waals surface area contributed by atoms with Crippen molar-refractivity contribution < 1.29 is 22.5 Å². The van der Waals surface area contributed by atoms with E-state index in [0.717, 1.165) is 18.0 Å². The highest BCUT2D eigenvalue weighted by atomic mass is 19.4. The molecule has 10 heteroatoms. The summed E-state index contributed by atoms with van der Waals surface area (Å²) in [7, 11) is 1.78. The first-order chi connectivity index (χ1) is 13.7. The Morgan fingerprint density at radius 2 is 1.97 bits per heavy atom. The standard InChI is InChI=1S/C19H18F3N5O2/c1-12(24-16(28)11-27(2)14-6-4-3-5-7-14)18-25-17(26-29-18)13-8-9-23-15(10-13)19(20,21)22/h3-10,12H,11H2,1-2H3,(H,24,28)/t12-/m0/s1. The highest BCUT2D eigenvalue weighted by Gasteiger charge is 2.33. The van der Waals surface area contributed by atoms with E-state index >= 15 is 0 Å². The van der Waals surface area contributed by atoms with Crippen molar-refractivity contribution in [1.82, 2.24) is 20.4 Å². The summed E-state index contributed by atoms with van der Waals surface area (Å²) in [4.78, 5) is 21.4. The summed E-state index contributed by atoms with van der Waals surface area (Å²) in [6.45, 7) is 1.75. The molecule has 0 spiro atoms. The second-order valence-corrected chi connectivity index (χ2v) is 6.36. The number of carbonyl (C=O) groups is 1. The van der Waals surface area contributed by atoms with E-state index < -0.39 is 17.9 Å². The Kier molecular flexibility index (Phi) is 5.81. The number of hydrogen-bond acceptors (Lipinski definition) is 6. The number of hydrogen-bond donors (Lipinski definition) is 1. The van der Waals surface area contributed by atoms with Gasteiger partial charge < -0.3 is 14.7 Å². The molecule has 0 bridgehead atoms. The molecule has 2 heterocycles. The summed E-state index contributed by atoms with van der Waals surface area (Å²) in [5.41, 5.74) is -0.0511. The minimum Gasteiger partial charge on any atom is -0.365 e. The maximum absolute atomic E-state index is 12.8. The molecular weight excluding hydrogens is 387 g/mol. The fourth-order valence-corrected chi connectivity index (χ4v) is 2.59. The Hall–Kier alpha value is -3.43. The van der Waals surface area contributed by atoms with Gasteiger partial charge in [-0.25, -0.2) is 0 Å². The van der Waals surface area contributed by atoms with Crippen molar-refractivity contribution in [2.45, 2.75) is 19.1 Å². The topological polar surface area (TPSA) is 84.2 Å². The van der Waals surface area contributed by atoms with Crippen molar-refractivity contribution in [2.75, 3.05) is 18.5 Å². The molecule has 1 N–H and O–H groups in total. The zero-order valence-electron chi connectivity index (χ0n) is 15.6. The number of halogens is 3. The molecule has 0 fully saturated rings. The van der Waals surface area contributed by atoms with E-state index in [1.54, 1.807) is 18.9 Å². The van der Waals surface area contributed by atoms with Crippen LogP contribution in [0.2, 0.25) is 0 Å². The Bertz CT molecular complexity index is 975. The molecule has 0 aliphatic heterocycles. The number of aromatic nitrogens is 3. The molecule has 1 aromatic carbocycles. The molecule has 0 radical (unpaired) electrons. The molecule has 3 rings (SSSR count). The summed E-state index contributed by atoms with van der Waals surface area (Å²) in [6.07, 6.45) is -3.55. The van der Waals surface area contributed by atoms with E-state index in [1.807, 2.05) is 30.3 Å². The van der Waals surface area contributed by atoms with Crippen molar-refractivity contribution in [3.63, 3.8) is 0 Å². The number of para-hydroxylation sites is 1. The minimum atomic E-state index is -4.57. The predicted octanol–water partition coefficient (Wildman–Crippen LogP) is 3.46. The van der Waals surface area contributed by atoms with Crippen molar-refractivity contribution in [3.05, 3.63) is 60.2 Å². The number of benzene rings is 1. The molecule has 2 aromatic heterocycles. The van der Waals surface area contributed by atoms with Crippen LogP contribution in [0.5, 0.6) is 0 Å². The molecule has 0 aliphatic rings. The lowest BCUT2D eigenvalue weighted by molar-refractivity contribution is -0.141. The van der Waals surface area contributed by atoms with Crippen molar-refractivity contribution >= 4 is 11.6 Å². The number of amides is 1. The van der Waals surface area contributed by atoms with E-state index in [2.05, 4.69) is 20.4 Å². The first-order valence-corrected chi connectivity index (χ1v) is 8.67. The summed E-state index contributed by atoms with van der Waals surface area (Å²) < 4.78 is 43.5. The monoisotopic (exact) mass is 405 g/mol. The van der Waals surface area contributed by atoms with Gasteiger partial charge in [0, 0.05) is 24.5 Å². The fourth-order valence-electron chi connectivity index (χ4n) is 2.59. The van der Waals surface area contributed by atoms with Gasteiger partial charge >= 0.3 is 6.18 Å². The number of likely N-dealkylation sites (N-methyl/N-ethyl adjacent to an activating group) is 1. The van der Waals surface area contributed by atoms with Crippen molar-refractivity contribution in [2.24, 2.45) is 0 Å². The van der Waals surface area contributed by atoms with Gasteiger partial charge in [0.05, 0.1) is 6.54 Å². The second-order valence-electron chi connectivity index (χ2n) is 6.36. The first-order valence-electron chi connectivity index (χ1n) is 8.67. The molecule has 3 aromatic rings. The molecule has 29 heavy (non-hydrogen) atoms. The third kappa shape index (κ3) is 5.09. The van der Waals surface area contributed by atoms with E-state index in [4.69, 9.17) is 4.52 Å². The molecule has 7 nitrogen and oxygen atoms in total. The van der Waals surface area contributed by atoms with Gasteiger partial charge in [0.15, 0.2) is 0 Å². The number of pyridine rings is 1. The summed E-state index contributed by atoms with van der Waals surface area (Å²) in [5, 5.41) is 6.43. The molecule has 0 unspecified atom stereocenters. The van der Waals surface area contributed by atoms with Gasteiger partial charge in [0.25, 0.3) is 0 Å². The Morgan fingerprint density at radius 3 is 2.66 bits per heavy atom. The smallest absolute Gasteiger partial charge is 0.365 e. The van der Waals surface area contributed by atoms with Crippen molar-refractivity contribution in [3.8, 4) is 11.4 Å². The highest BCUT2D eigenvalue weighted by Crippen LogP contribution is 2.30. The fraction of sp³-hybridized carbons (Fsp3) is 0.263. The first kappa shape index (κ1) is 20.3. The number of rotatable bonds is 6. The van der Waals surface area contributed by atoms with Gasteiger partial charge in [0.2, 0.25) is 17.6 Å². The highest BCUT2D eigenvalue weighted by molar-refractivity contribution is 5.81. The van der Waals surface area contributed by atoms with Crippen LogP contribution in [0.3, 0.4) is 0 Å². The maximum atomic E-state index is 12.8. The van der Waals surface area contributed by atoms with E-state index in [0.29, 0.717) is 0 Å². The van der Waals surface area contributed by atoms with Crippen LogP contribution in [-0.4, -0.2) is 34.6 Å². The lowest BCUT2D eigenvalue weighted by Crippen LogP contribution is -2.36.